The zero-order chi connectivity index (χ0) is 9.94. The molecule has 0 spiro atoms. The van der Waals surface area contributed by atoms with Crippen molar-refractivity contribution in [3.05, 3.63) is 0 Å². The molecule has 0 heterocycles. The van der Waals surface area contributed by atoms with Crippen molar-refractivity contribution in [3.63, 3.8) is 0 Å². The van der Waals surface area contributed by atoms with E-state index in [9.17, 15) is 13.6 Å². The molecule has 72 valence electrons. The van der Waals surface area contributed by atoms with Crippen molar-refractivity contribution in [2.75, 3.05) is 0 Å². The molecule has 2 atom stereocenters. The molecular formula is C8H15F2NO. The van der Waals surface area contributed by atoms with Crippen molar-refractivity contribution >= 4 is 5.91 Å². The van der Waals surface area contributed by atoms with Gasteiger partial charge in [0.2, 0.25) is 0 Å². The smallest absolute Gasteiger partial charge is 0.327 e. The summed E-state index contributed by atoms with van der Waals surface area (Å²) in [6.45, 7) is 4.83. The molecule has 0 rings (SSSR count). The van der Waals surface area contributed by atoms with Gasteiger partial charge >= 0.3 is 5.92 Å². The second-order valence-corrected chi connectivity index (χ2v) is 3.16. The van der Waals surface area contributed by atoms with E-state index in [-0.39, 0.29) is 5.92 Å². The quantitative estimate of drug-likeness (QED) is 0.702. The normalized spacial score (nSPS) is 17.1. The van der Waals surface area contributed by atoms with Crippen LogP contribution in [0.3, 0.4) is 0 Å². The van der Waals surface area contributed by atoms with Crippen LogP contribution >= 0.6 is 0 Å². The maximum absolute atomic E-state index is 12.9. The lowest BCUT2D eigenvalue weighted by molar-refractivity contribution is -0.152. The maximum Gasteiger partial charge on any atom is 0.327 e. The third kappa shape index (κ3) is 2.16. The van der Waals surface area contributed by atoms with Gasteiger partial charge in [-0.15, -0.1) is 0 Å². The number of carbonyl (C=O) groups excluding carboxylic acids is 1. The summed E-state index contributed by atoms with van der Waals surface area (Å²) in [7, 11) is 0. The van der Waals surface area contributed by atoms with Crippen molar-refractivity contribution in [2.45, 2.75) is 33.1 Å². The summed E-state index contributed by atoms with van der Waals surface area (Å²) in [5.41, 5.74) is 4.57. The van der Waals surface area contributed by atoms with Crippen LogP contribution in [0.2, 0.25) is 0 Å². The van der Waals surface area contributed by atoms with Crippen molar-refractivity contribution in [2.24, 2.45) is 17.6 Å². The van der Waals surface area contributed by atoms with Gasteiger partial charge in [-0.1, -0.05) is 27.2 Å². The van der Waals surface area contributed by atoms with Gasteiger partial charge in [-0.2, -0.15) is 8.78 Å². The predicted octanol–water partition coefficient (Wildman–Crippen LogP) is 1.79. The summed E-state index contributed by atoms with van der Waals surface area (Å²) in [6.07, 6.45) is 0.615. The van der Waals surface area contributed by atoms with E-state index in [1.165, 1.54) is 6.92 Å². The molecule has 0 radical (unpaired) electrons. The Balaban J connectivity index is 4.44. The number of rotatable bonds is 4. The van der Waals surface area contributed by atoms with Crippen molar-refractivity contribution in [1.29, 1.82) is 0 Å². The lowest BCUT2D eigenvalue weighted by Gasteiger charge is -2.25. The van der Waals surface area contributed by atoms with Crippen LogP contribution in [0.5, 0.6) is 0 Å². The van der Waals surface area contributed by atoms with Gasteiger partial charge < -0.3 is 5.73 Å². The molecule has 0 bridgehead atoms. The summed E-state index contributed by atoms with van der Waals surface area (Å²) in [4.78, 5) is 10.4. The first-order chi connectivity index (χ1) is 5.34. The monoisotopic (exact) mass is 179 g/mol. The summed E-state index contributed by atoms with van der Waals surface area (Å²) in [5.74, 6) is -6.10. The predicted molar refractivity (Wildman–Crippen MR) is 42.8 cm³/mol. The van der Waals surface area contributed by atoms with Gasteiger partial charge in [0.05, 0.1) is 0 Å². The highest BCUT2D eigenvalue weighted by molar-refractivity contribution is 5.81. The van der Waals surface area contributed by atoms with Gasteiger partial charge in [0.15, 0.2) is 0 Å². The van der Waals surface area contributed by atoms with E-state index in [4.69, 9.17) is 0 Å². The van der Waals surface area contributed by atoms with Gasteiger partial charge in [-0.25, -0.2) is 0 Å². The molecule has 0 aromatic rings. The van der Waals surface area contributed by atoms with Gasteiger partial charge in [0, 0.05) is 5.92 Å². The number of nitrogens with two attached hydrogens (primary N) is 1. The third-order valence-corrected chi connectivity index (χ3v) is 2.40. The van der Waals surface area contributed by atoms with E-state index in [1.54, 1.807) is 13.8 Å². The summed E-state index contributed by atoms with van der Waals surface area (Å²) < 4.78 is 25.8. The Hall–Kier alpha value is -0.670. The number of primary amides is 1. The van der Waals surface area contributed by atoms with Crippen LogP contribution in [0.1, 0.15) is 27.2 Å². The second kappa shape index (κ2) is 3.83. The molecule has 2 N–H and O–H groups in total. The zero-order valence-corrected chi connectivity index (χ0v) is 7.60. The fourth-order valence-corrected chi connectivity index (χ4v) is 0.935. The molecule has 1 amide bonds. The molecule has 12 heavy (non-hydrogen) atoms. The molecule has 0 saturated carbocycles. The van der Waals surface area contributed by atoms with Crippen LogP contribution in [0.4, 0.5) is 8.78 Å². The number of hydrogen-bond donors (Lipinski definition) is 1. The lowest BCUT2D eigenvalue weighted by Crippen LogP contribution is -2.43. The van der Waals surface area contributed by atoms with Crippen LogP contribution in [0.15, 0.2) is 0 Å². The highest BCUT2D eigenvalue weighted by Crippen LogP contribution is 2.31. The Morgan fingerprint density at radius 1 is 1.50 bits per heavy atom. The standard InChI is InChI=1S/C8H15F2NO/c1-4-5(2)6(3)8(9,10)7(11)12/h5-6H,4H2,1-3H3,(H2,11,12). The number of amides is 1. The molecule has 2 nitrogen and oxygen atoms in total. The minimum Gasteiger partial charge on any atom is -0.364 e. The average molecular weight is 179 g/mol. The molecule has 0 aliphatic carbocycles. The first-order valence-corrected chi connectivity index (χ1v) is 4.01. The summed E-state index contributed by atoms with van der Waals surface area (Å²) in [5, 5.41) is 0. The number of alkyl halides is 2. The molecule has 0 fully saturated rings. The van der Waals surface area contributed by atoms with Gasteiger partial charge in [0.25, 0.3) is 5.91 Å². The van der Waals surface area contributed by atoms with Gasteiger partial charge in [-0.3, -0.25) is 4.79 Å². The fraction of sp³-hybridized carbons (Fsp3) is 0.875. The Morgan fingerprint density at radius 3 is 2.17 bits per heavy atom. The highest BCUT2D eigenvalue weighted by Gasteiger charge is 2.44. The number of carbonyl (C=O) groups is 1. The summed E-state index contributed by atoms with van der Waals surface area (Å²) >= 11 is 0. The number of halogens is 2. The maximum atomic E-state index is 12.9. The zero-order valence-electron chi connectivity index (χ0n) is 7.60. The van der Waals surface area contributed by atoms with E-state index in [2.05, 4.69) is 5.73 Å². The average Bonchev–Trinajstić information content (AvgIpc) is 2.01. The van der Waals surface area contributed by atoms with E-state index < -0.39 is 17.7 Å². The van der Waals surface area contributed by atoms with Crippen molar-refractivity contribution < 1.29 is 13.6 Å². The molecular weight excluding hydrogens is 164 g/mol. The highest BCUT2D eigenvalue weighted by atomic mass is 19.3. The van der Waals surface area contributed by atoms with Crippen LogP contribution in [-0.4, -0.2) is 11.8 Å². The van der Waals surface area contributed by atoms with Crippen LogP contribution in [0, 0.1) is 11.8 Å². The first kappa shape index (κ1) is 11.3. The minimum absolute atomic E-state index is 0.201. The Bertz CT molecular complexity index is 170. The van der Waals surface area contributed by atoms with E-state index in [0.717, 1.165) is 0 Å². The Kier molecular flexibility index (Phi) is 3.61. The Morgan fingerprint density at radius 2 is 1.92 bits per heavy atom. The van der Waals surface area contributed by atoms with Crippen LogP contribution in [-0.2, 0) is 4.79 Å². The molecule has 4 heteroatoms. The van der Waals surface area contributed by atoms with Gasteiger partial charge in [-0.05, 0) is 5.92 Å². The largest absolute Gasteiger partial charge is 0.364 e. The lowest BCUT2D eigenvalue weighted by atomic mass is 9.88. The molecule has 0 aromatic heterocycles. The summed E-state index contributed by atoms with van der Waals surface area (Å²) in [6, 6.07) is 0. The van der Waals surface area contributed by atoms with Crippen molar-refractivity contribution in [1.82, 2.24) is 0 Å². The minimum atomic E-state index is -3.38. The van der Waals surface area contributed by atoms with E-state index >= 15 is 0 Å². The molecule has 0 aliphatic heterocycles. The first-order valence-electron chi connectivity index (χ1n) is 4.01. The van der Waals surface area contributed by atoms with Crippen LogP contribution in [0.25, 0.3) is 0 Å². The Labute approximate surface area is 71.1 Å². The number of hydrogen-bond acceptors (Lipinski definition) is 1. The topological polar surface area (TPSA) is 43.1 Å². The van der Waals surface area contributed by atoms with Crippen LogP contribution < -0.4 is 5.73 Å². The van der Waals surface area contributed by atoms with Gasteiger partial charge in [0.1, 0.15) is 0 Å². The second-order valence-electron chi connectivity index (χ2n) is 3.16. The SMILES string of the molecule is CCC(C)C(C)C(F)(F)C(N)=O. The molecule has 0 saturated heterocycles. The molecule has 2 unspecified atom stereocenters. The fourth-order valence-electron chi connectivity index (χ4n) is 0.935. The third-order valence-electron chi connectivity index (χ3n) is 2.40. The molecule has 0 aromatic carbocycles. The van der Waals surface area contributed by atoms with Crippen molar-refractivity contribution in [3.8, 4) is 0 Å². The molecule has 0 aliphatic rings. The van der Waals surface area contributed by atoms with E-state index in [0.29, 0.717) is 6.42 Å². The van der Waals surface area contributed by atoms with E-state index in [1.807, 2.05) is 0 Å².